The van der Waals surface area contributed by atoms with E-state index in [4.69, 9.17) is 21.9 Å². The number of nitrogens with one attached hydrogen (secondary N) is 1. The average Bonchev–Trinajstić information content (AvgIpc) is 2.72. The van der Waals surface area contributed by atoms with Crippen molar-refractivity contribution >= 4 is 23.3 Å². The van der Waals surface area contributed by atoms with E-state index in [1.807, 2.05) is 0 Å². The number of hydrogen-bond acceptors (Lipinski definition) is 5. The fourth-order valence-electron chi connectivity index (χ4n) is 2.73. The molecule has 0 radical (unpaired) electrons. The molecule has 0 atom stereocenters. The average molecular weight is 413 g/mol. The number of methoxy groups -OCH3 is 1. The van der Waals surface area contributed by atoms with Gasteiger partial charge in [-0.25, -0.2) is 4.39 Å². The van der Waals surface area contributed by atoms with E-state index in [1.54, 1.807) is 31.2 Å². The van der Waals surface area contributed by atoms with Crippen LogP contribution in [-0.4, -0.2) is 31.3 Å². The van der Waals surface area contributed by atoms with E-state index < -0.39 is 17.6 Å². The maximum atomic E-state index is 13.5. The highest BCUT2D eigenvalue weighted by atomic mass is 19.1. The molecule has 158 valence electrons. The molecule has 30 heavy (non-hydrogen) atoms. The second kappa shape index (κ2) is 10.1. The molecule has 9 heteroatoms. The minimum absolute atomic E-state index is 0.0251. The Morgan fingerprint density at radius 2 is 1.77 bits per heavy atom. The molecule has 0 aliphatic heterocycles. The van der Waals surface area contributed by atoms with E-state index in [9.17, 15) is 14.0 Å². The standard InChI is InChI=1S/C21H24FN5O3/c1-3-26-19(24)17(20(25)28)18(23)13-6-4-12(5-7-13)11-27-21(29)15-10-14(22)8-9-16(15)30-2/h4-10H,3,11,23H2,1-2H3,(H2,24,26)(H2,25,28)(H,27,29). The van der Waals surface area contributed by atoms with Crippen LogP contribution in [0.15, 0.2) is 53.0 Å². The van der Waals surface area contributed by atoms with E-state index in [2.05, 4.69) is 10.3 Å². The largest absolute Gasteiger partial charge is 0.496 e. The first-order valence-electron chi connectivity index (χ1n) is 9.09. The highest BCUT2D eigenvalue weighted by molar-refractivity contribution is 6.24. The molecule has 0 aliphatic carbocycles. The predicted octanol–water partition coefficient (Wildman–Crippen LogP) is 1.30. The lowest BCUT2D eigenvalue weighted by Gasteiger charge is -2.11. The second-order valence-electron chi connectivity index (χ2n) is 6.24. The van der Waals surface area contributed by atoms with E-state index in [0.29, 0.717) is 12.1 Å². The molecular formula is C21H24FN5O3. The van der Waals surface area contributed by atoms with Crippen LogP contribution in [0.5, 0.6) is 5.75 Å². The van der Waals surface area contributed by atoms with Crippen molar-refractivity contribution in [1.82, 2.24) is 5.32 Å². The van der Waals surface area contributed by atoms with Gasteiger partial charge in [-0.05, 0) is 36.2 Å². The van der Waals surface area contributed by atoms with Crippen molar-refractivity contribution in [1.29, 1.82) is 0 Å². The first-order valence-corrected chi connectivity index (χ1v) is 9.09. The third kappa shape index (κ3) is 5.34. The van der Waals surface area contributed by atoms with Crippen LogP contribution in [-0.2, 0) is 11.3 Å². The molecule has 0 heterocycles. The highest BCUT2D eigenvalue weighted by Crippen LogP contribution is 2.19. The number of primary amides is 1. The number of aliphatic imine (C=N–C) groups is 1. The molecule has 0 bridgehead atoms. The molecule has 2 aromatic rings. The Morgan fingerprint density at radius 1 is 1.10 bits per heavy atom. The molecule has 0 fully saturated rings. The Morgan fingerprint density at radius 3 is 2.33 bits per heavy atom. The number of rotatable bonds is 8. The molecule has 7 N–H and O–H groups in total. The molecule has 0 saturated carbocycles. The second-order valence-corrected chi connectivity index (χ2v) is 6.24. The maximum Gasteiger partial charge on any atom is 0.255 e. The zero-order valence-electron chi connectivity index (χ0n) is 16.7. The number of hydrogen-bond donors (Lipinski definition) is 4. The van der Waals surface area contributed by atoms with Crippen LogP contribution in [0.4, 0.5) is 4.39 Å². The van der Waals surface area contributed by atoms with E-state index in [1.165, 1.54) is 19.2 Å². The first kappa shape index (κ1) is 22.4. The fraction of sp³-hybridized carbons (Fsp3) is 0.190. The number of nitrogens with two attached hydrogens (primary N) is 3. The summed E-state index contributed by atoms with van der Waals surface area (Å²) in [5, 5.41) is 2.70. The van der Waals surface area contributed by atoms with Crippen LogP contribution in [0.3, 0.4) is 0 Å². The van der Waals surface area contributed by atoms with Gasteiger partial charge in [0.15, 0.2) is 0 Å². The summed E-state index contributed by atoms with van der Waals surface area (Å²) in [5.74, 6) is -1.55. The Labute approximate surface area is 173 Å². The Kier molecular flexibility index (Phi) is 7.51. The molecule has 0 aliphatic rings. The zero-order chi connectivity index (χ0) is 22.3. The van der Waals surface area contributed by atoms with Crippen molar-refractivity contribution in [3.8, 4) is 5.75 Å². The Balaban J connectivity index is 2.17. The molecule has 8 nitrogen and oxygen atoms in total. The van der Waals surface area contributed by atoms with Crippen LogP contribution in [0.1, 0.15) is 28.4 Å². The summed E-state index contributed by atoms with van der Waals surface area (Å²) in [4.78, 5) is 28.1. The molecule has 2 aromatic carbocycles. The van der Waals surface area contributed by atoms with Gasteiger partial charge >= 0.3 is 0 Å². The number of ether oxygens (including phenoxy) is 1. The van der Waals surface area contributed by atoms with Gasteiger partial charge in [-0.1, -0.05) is 24.3 Å². The van der Waals surface area contributed by atoms with Crippen LogP contribution in [0, 0.1) is 5.82 Å². The number of benzene rings is 2. The zero-order valence-corrected chi connectivity index (χ0v) is 16.7. The summed E-state index contributed by atoms with van der Waals surface area (Å²) < 4.78 is 18.5. The lowest BCUT2D eigenvalue weighted by atomic mass is 10.0. The number of carbonyl (C=O) groups excluding carboxylic acids is 2. The minimum Gasteiger partial charge on any atom is -0.496 e. The fourth-order valence-corrected chi connectivity index (χ4v) is 2.73. The third-order valence-corrected chi connectivity index (χ3v) is 4.22. The normalized spacial score (nSPS) is 12.2. The number of nitrogens with zero attached hydrogens (tertiary/aromatic N) is 1. The van der Waals surface area contributed by atoms with Crippen molar-refractivity contribution in [3.05, 3.63) is 70.5 Å². The van der Waals surface area contributed by atoms with Gasteiger partial charge in [0.05, 0.1) is 18.4 Å². The van der Waals surface area contributed by atoms with Gasteiger partial charge in [-0.3, -0.25) is 14.6 Å². The van der Waals surface area contributed by atoms with Gasteiger partial charge in [0.2, 0.25) is 0 Å². The minimum atomic E-state index is -0.775. The summed E-state index contributed by atoms with van der Waals surface area (Å²) >= 11 is 0. The first-order chi connectivity index (χ1) is 14.3. The van der Waals surface area contributed by atoms with Crippen LogP contribution < -0.4 is 27.3 Å². The summed E-state index contributed by atoms with van der Waals surface area (Å²) in [6.45, 7) is 2.33. The van der Waals surface area contributed by atoms with Gasteiger partial charge in [-0.15, -0.1) is 0 Å². The smallest absolute Gasteiger partial charge is 0.255 e. The van der Waals surface area contributed by atoms with Gasteiger partial charge in [-0.2, -0.15) is 0 Å². The summed E-state index contributed by atoms with van der Waals surface area (Å²) in [5.41, 5.74) is 18.7. The molecular weight excluding hydrogens is 389 g/mol. The van der Waals surface area contributed by atoms with Crippen molar-refractivity contribution < 1.29 is 18.7 Å². The van der Waals surface area contributed by atoms with Crippen LogP contribution in [0.2, 0.25) is 0 Å². The number of halogens is 1. The summed E-state index contributed by atoms with van der Waals surface area (Å²) in [6, 6.07) is 10.5. The monoisotopic (exact) mass is 413 g/mol. The van der Waals surface area contributed by atoms with E-state index in [0.717, 1.165) is 11.6 Å². The SMILES string of the molecule is CCN=C(N)C(C(N)=O)=C(N)c1ccc(CNC(=O)c2cc(F)ccc2OC)cc1. The van der Waals surface area contributed by atoms with Crippen molar-refractivity contribution in [2.75, 3.05) is 13.7 Å². The number of amides is 2. The Hall–Kier alpha value is -3.88. The third-order valence-electron chi connectivity index (χ3n) is 4.22. The van der Waals surface area contributed by atoms with Crippen LogP contribution in [0.25, 0.3) is 5.70 Å². The van der Waals surface area contributed by atoms with Gasteiger partial charge < -0.3 is 27.3 Å². The molecule has 2 amide bonds. The molecule has 0 unspecified atom stereocenters. The van der Waals surface area contributed by atoms with Gasteiger partial charge in [0.1, 0.15) is 23.0 Å². The highest BCUT2D eigenvalue weighted by Gasteiger charge is 2.16. The summed E-state index contributed by atoms with van der Waals surface area (Å²) in [7, 11) is 1.40. The quantitative estimate of drug-likeness (QED) is 0.293. The molecule has 0 spiro atoms. The van der Waals surface area contributed by atoms with Crippen molar-refractivity contribution in [2.45, 2.75) is 13.5 Å². The molecule has 2 rings (SSSR count). The van der Waals surface area contributed by atoms with Crippen LogP contribution >= 0.6 is 0 Å². The molecule has 0 saturated heterocycles. The molecule has 0 aromatic heterocycles. The lowest BCUT2D eigenvalue weighted by Crippen LogP contribution is -2.29. The van der Waals surface area contributed by atoms with Gasteiger partial charge in [0, 0.05) is 13.1 Å². The van der Waals surface area contributed by atoms with Gasteiger partial charge in [0.25, 0.3) is 11.8 Å². The van der Waals surface area contributed by atoms with Crippen molar-refractivity contribution in [2.24, 2.45) is 22.2 Å². The topological polar surface area (TPSA) is 146 Å². The Bertz CT molecular complexity index is 1000. The predicted molar refractivity (Wildman–Crippen MR) is 113 cm³/mol. The summed E-state index contributed by atoms with van der Waals surface area (Å²) in [6.07, 6.45) is 0. The van der Waals surface area contributed by atoms with Crippen molar-refractivity contribution in [3.63, 3.8) is 0 Å². The number of carbonyl (C=O) groups is 2. The van der Waals surface area contributed by atoms with E-state index in [-0.39, 0.29) is 35.0 Å². The maximum absolute atomic E-state index is 13.5. The van der Waals surface area contributed by atoms with E-state index >= 15 is 0 Å². The number of amidine groups is 1. The lowest BCUT2D eigenvalue weighted by molar-refractivity contribution is -0.114.